The van der Waals surface area contributed by atoms with E-state index in [-0.39, 0.29) is 17.5 Å². The van der Waals surface area contributed by atoms with Crippen molar-refractivity contribution in [3.05, 3.63) is 35.4 Å². The Balaban J connectivity index is 2.16. The second kappa shape index (κ2) is 6.85. The molecule has 0 aliphatic heterocycles. The summed E-state index contributed by atoms with van der Waals surface area (Å²) in [7, 11) is 1.62. The number of nitrogen functional groups attached to an aromatic ring is 1. The molecule has 6 heteroatoms. The predicted molar refractivity (Wildman–Crippen MR) is 83.7 cm³/mol. The van der Waals surface area contributed by atoms with Gasteiger partial charge < -0.3 is 15.2 Å². The Labute approximate surface area is 130 Å². The third-order valence-corrected chi connectivity index (χ3v) is 3.57. The van der Waals surface area contributed by atoms with E-state index in [1.165, 1.54) is 0 Å². The highest BCUT2D eigenvalue weighted by molar-refractivity contribution is 5.55. The fraction of sp³-hybridized carbons (Fsp3) is 0.375. The molecule has 1 aromatic carbocycles. The van der Waals surface area contributed by atoms with Crippen molar-refractivity contribution in [3.63, 3.8) is 0 Å². The van der Waals surface area contributed by atoms with Crippen LogP contribution in [-0.2, 0) is 6.61 Å². The van der Waals surface area contributed by atoms with Gasteiger partial charge in [-0.15, -0.1) is 5.10 Å². The molecular weight excluding hydrogens is 280 g/mol. The summed E-state index contributed by atoms with van der Waals surface area (Å²) in [5.41, 5.74) is 7.22. The molecule has 22 heavy (non-hydrogen) atoms. The Hall–Kier alpha value is -2.68. The second-order valence-corrected chi connectivity index (χ2v) is 5.02. The number of benzene rings is 1. The summed E-state index contributed by atoms with van der Waals surface area (Å²) >= 11 is 0. The van der Waals surface area contributed by atoms with E-state index in [1.807, 2.05) is 38.1 Å². The molecule has 2 aromatic rings. The third kappa shape index (κ3) is 3.14. The van der Waals surface area contributed by atoms with Gasteiger partial charge in [-0.1, -0.05) is 19.1 Å². The lowest BCUT2D eigenvalue weighted by Crippen LogP contribution is -2.09. The molecule has 0 aliphatic rings. The highest BCUT2D eigenvalue weighted by Gasteiger charge is 2.19. The van der Waals surface area contributed by atoms with Gasteiger partial charge in [-0.05, 0) is 31.0 Å². The molecule has 0 bridgehead atoms. The molecule has 0 amide bonds. The molecule has 6 nitrogen and oxygen atoms in total. The summed E-state index contributed by atoms with van der Waals surface area (Å²) in [6.07, 6.45) is 0.870. The van der Waals surface area contributed by atoms with Crippen LogP contribution in [0.25, 0.3) is 0 Å². The van der Waals surface area contributed by atoms with E-state index in [0.717, 1.165) is 17.7 Å². The zero-order chi connectivity index (χ0) is 16.1. The standard InChI is InChI=1S/C16H20N4O2/c1-4-11(2)20-15(18)14(9-17)16(19-20)22-10-12-5-7-13(21-3)8-6-12/h5-8,11H,4,10,18H2,1-3H3. The van der Waals surface area contributed by atoms with Crippen molar-refractivity contribution in [1.29, 1.82) is 5.26 Å². The zero-order valence-corrected chi connectivity index (χ0v) is 13.0. The Morgan fingerprint density at radius 2 is 2.05 bits per heavy atom. The Morgan fingerprint density at radius 1 is 1.36 bits per heavy atom. The van der Waals surface area contributed by atoms with Crippen molar-refractivity contribution < 1.29 is 9.47 Å². The number of rotatable bonds is 6. The molecule has 0 radical (unpaired) electrons. The van der Waals surface area contributed by atoms with Gasteiger partial charge in [0.15, 0.2) is 5.56 Å². The first-order valence-corrected chi connectivity index (χ1v) is 7.14. The normalized spacial score (nSPS) is 11.7. The molecule has 1 heterocycles. The minimum absolute atomic E-state index is 0.116. The minimum atomic E-state index is 0.116. The first-order valence-electron chi connectivity index (χ1n) is 7.14. The van der Waals surface area contributed by atoms with Crippen LogP contribution in [0.5, 0.6) is 11.6 Å². The topological polar surface area (TPSA) is 86.1 Å². The van der Waals surface area contributed by atoms with Crippen LogP contribution in [-0.4, -0.2) is 16.9 Å². The largest absolute Gasteiger partial charge is 0.497 e. The quantitative estimate of drug-likeness (QED) is 0.886. The smallest absolute Gasteiger partial charge is 0.253 e. The van der Waals surface area contributed by atoms with E-state index in [1.54, 1.807) is 11.8 Å². The van der Waals surface area contributed by atoms with Crippen molar-refractivity contribution >= 4 is 5.82 Å². The summed E-state index contributed by atoms with van der Waals surface area (Å²) in [6.45, 7) is 4.35. The van der Waals surface area contributed by atoms with E-state index in [2.05, 4.69) is 11.2 Å². The van der Waals surface area contributed by atoms with Gasteiger partial charge in [0.2, 0.25) is 0 Å². The number of hydrogen-bond donors (Lipinski definition) is 1. The van der Waals surface area contributed by atoms with Crippen LogP contribution in [0.2, 0.25) is 0 Å². The number of nitrogens with two attached hydrogens (primary N) is 1. The highest BCUT2D eigenvalue weighted by Crippen LogP contribution is 2.27. The summed E-state index contributed by atoms with van der Waals surface area (Å²) in [5, 5.41) is 13.6. The van der Waals surface area contributed by atoms with Gasteiger partial charge >= 0.3 is 0 Å². The molecule has 0 saturated heterocycles. The second-order valence-electron chi connectivity index (χ2n) is 5.02. The Bertz CT molecular complexity index is 671. The first kappa shape index (κ1) is 15.7. The third-order valence-electron chi connectivity index (χ3n) is 3.57. The fourth-order valence-corrected chi connectivity index (χ4v) is 2.01. The number of aromatic nitrogens is 2. The molecule has 0 aliphatic carbocycles. The van der Waals surface area contributed by atoms with Crippen molar-refractivity contribution in [2.45, 2.75) is 32.9 Å². The lowest BCUT2D eigenvalue weighted by molar-refractivity contribution is 0.286. The number of nitriles is 1. The average Bonchev–Trinajstić information content (AvgIpc) is 2.88. The van der Waals surface area contributed by atoms with Crippen LogP contribution in [0.3, 0.4) is 0 Å². The molecule has 2 rings (SSSR count). The minimum Gasteiger partial charge on any atom is -0.497 e. The fourth-order valence-electron chi connectivity index (χ4n) is 2.01. The van der Waals surface area contributed by atoms with Crippen molar-refractivity contribution in [2.75, 3.05) is 12.8 Å². The van der Waals surface area contributed by atoms with Gasteiger partial charge in [-0.25, -0.2) is 4.68 Å². The average molecular weight is 300 g/mol. The summed E-state index contributed by atoms with van der Waals surface area (Å²) in [6, 6.07) is 9.70. The van der Waals surface area contributed by atoms with E-state index >= 15 is 0 Å². The molecular formula is C16H20N4O2. The van der Waals surface area contributed by atoms with E-state index in [0.29, 0.717) is 12.4 Å². The van der Waals surface area contributed by atoms with Crippen molar-refractivity contribution in [1.82, 2.24) is 9.78 Å². The summed E-state index contributed by atoms with van der Waals surface area (Å²) in [5.74, 6) is 1.41. The van der Waals surface area contributed by atoms with E-state index < -0.39 is 0 Å². The van der Waals surface area contributed by atoms with Gasteiger partial charge in [-0.2, -0.15) is 5.26 Å². The maximum absolute atomic E-state index is 9.25. The molecule has 1 unspecified atom stereocenters. The number of ether oxygens (including phenoxy) is 2. The van der Waals surface area contributed by atoms with Gasteiger partial charge in [0.25, 0.3) is 5.88 Å². The number of anilines is 1. The Kier molecular flexibility index (Phi) is 4.89. The van der Waals surface area contributed by atoms with Crippen LogP contribution in [0.1, 0.15) is 37.4 Å². The van der Waals surface area contributed by atoms with Crippen LogP contribution < -0.4 is 15.2 Å². The monoisotopic (exact) mass is 300 g/mol. The number of hydrogen-bond acceptors (Lipinski definition) is 5. The van der Waals surface area contributed by atoms with Crippen LogP contribution in [0.15, 0.2) is 24.3 Å². The number of methoxy groups -OCH3 is 1. The lowest BCUT2D eigenvalue weighted by atomic mass is 10.2. The van der Waals surface area contributed by atoms with Gasteiger partial charge in [-0.3, -0.25) is 0 Å². The van der Waals surface area contributed by atoms with Gasteiger partial charge in [0.05, 0.1) is 13.2 Å². The zero-order valence-electron chi connectivity index (χ0n) is 13.0. The molecule has 0 saturated carbocycles. The molecule has 116 valence electrons. The maximum Gasteiger partial charge on any atom is 0.253 e. The molecule has 1 atom stereocenters. The van der Waals surface area contributed by atoms with E-state index in [9.17, 15) is 5.26 Å². The van der Waals surface area contributed by atoms with Crippen LogP contribution in [0, 0.1) is 11.3 Å². The Morgan fingerprint density at radius 3 is 2.59 bits per heavy atom. The molecule has 0 spiro atoms. The highest BCUT2D eigenvalue weighted by atomic mass is 16.5. The van der Waals surface area contributed by atoms with Gasteiger partial charge in [0.1, 0.15) is 24.2 Å². The van der Waals surface area contributed by atoms with Crippen molar-refractivity contribution in [2.24, 2.45) is 0 Å². The number of nitrogens with zero attached hydrogens (tertiary/aromatic N) is 3. The van der Waals surface area contributed by atoms with Gasteiger partial charge in [0, 0.05) is 0 Å². The molecule has 1 aromatic heterocycles. The maximum atomic E-state index is 9.25. The van der Waals surface area contributed by atoms with Crippen molar-refractivity contribution in [3.8, 4) is 17.7 Å². The van der Waals surface area contributed by atoms with Crippen LogP contribution >= 0.6 is 0 Å². The SMILES string of the molecule is CCC(C)n1nc(OCc2ccc(OC)cc2)c(C#N)c1N. The molecule has 0 fully saturated rings. The molecule has 2 N–H and O–H groups in total. The van der Waals surface area contributed by atoms with E-state index in [4.69, 9.17) is 15.2 Å². The lowest BCUT2D eigenvalue weighted by Gasteiger charge is -2.10. The summed E-state index contributed by atoms with van der Waals surface area (Å²) in [4.78, 5) is 0. The van der Waals surface area contributed by atoms with Crippen LogP contribution in [0.4, 0.5) is 5.82 Å². The first-order chi connectivity index (χ1) is 10.6. The summed E-state index contributed by atoms with van der Waals surface area (Å²) < 4.78 is 12.4. The predicted octanol–water partition coefficient (Wildman–Crippen LogP) is 2.90.